The molecular formula is C47H77NaO14. The third-order valence-electron chi connectivity index (χ3n) is 15.8. The van der Waals surface area contributed by atoms with E-state index in [1.807, 2.05) is 40.7 Å². The van der Waals surface area contributed by atoms with Crippen LogP contribution in [0, 0.1) is 47.3 Å². The van der Waals surface area contributed by atoms with Crippen molar-refractivity contribution in [1.82, 2.24) is 0 Å². The van der Waals surface area contributed by atoms with Crippen molar-refractivity contribution in [2.24, 2.45) is 47.3 Å². The predicted molar refractivity (Wildman–Crippen MR) is 221 cm³/mol. The molecule has 6 aliphatic rings. The van der Waals surface area contributed by atoms with Crippen LogP contribution in [-0.4, -0.2) is 119 Å². The molecular weight excluding hydrogens is 811 g/mol. The van der Waals surface area contributed by atoms with Crippen molar-refractivity contribution in [1.29, 1.82) is 0 Å². The van der Waals surface area contributed by atoms with Crippen molar-refractivity contribution in [3.05, 3.63) is 11.6 Å². The first-order valence-corrected chi connectivity index (χ1v) is 23.2. The zero-order valence-electron chi connectivity index (χ0n) is 39.8. The summed E-state index contributed by atoms with van der Waals surface area (Å²) < 4.78 is 53.9. The SMILES string of the molecule is CO[C@H]1CCC(O[C@H]2C[C@H]([C@]3(C)CC[C@]4(C[C@H](O)[C@H](C)[C@@H]([C@@H](C)/C=C(\C)C(=O)[C@H](C)C[C@H](C)C(=O)[O-])O4)O3)O[C@]3(O[C@@H]([C@H]4O[C@@](O)(CO)[C@H](C)C[C@H]4C)C[C@@H]3C)[C@@H]2C)O[C@@H]1C.[Na+]. The van der Waals surface area contributed by atoms with Crippen LogP contribution in [0.5, 0.6) is 0 Å². The topological polar surface area (TPSA) is 192 Å². The van der Waals surface area contributed by atoms with Gasteiger partial charge >= 0.3 is 29.6 Å². The quantitative estimate of drug-likeness (QED) is 0.179. The molecule has 0 amide bonds. The maximum Gasteiger partial charge on any atom is 1.00 e. The molecule has 15 heteroatoms. The molecule has 0 aromatic heterocycles. The molecule has 0 bridgehead atoms. The van der Waals surface area contributed by atoms with Gasteiger partial charge in [-0.25, -0.2) is 0 Å². The van der Waals surface area contributed by atoms with Crippen molar-refractivity contribution < 1.29 is 97.5 Å². The number of carboxylic acids is 1. The van der Waals surface area contributed by atoms with E-state index in [4.69, 9.17) is 37.9 Å². The molecule has 62 heavy (non-hydrogen) atoms. The summed E-state index contributed by atoms with van der Waals surface area (Å²) in [6.07, 6.45) is 3.10. The number of allylic oxidation sites excluding steroid dienone is 1. The van der Waals surface area contributed by atoms with E-state index in [1.54, 1.807) is 27.9 Å². The molecule has 0 saturated carbocycles. The third kappa shape index (κ3) is 10.4. The first kappa shape index (κ1) is 52.4. The molecule has 21 atom stereocenters. The summed E-state index contributed by atoms with van der Waals surface area (Å²) in [7, 11) is 1.70. The fraction of sp³-hybridized carbons (Fsp3) is 0.915. The molecule has 0 aliphatic carbocycles. The molecule has 6 fully saturated rings. The van der Waals surface area contributed by atoms with Crippen LogP contribution in [-0.2, 0) is 47.5 Å². The van der Waals surface area contributed by atoms with E-state index in [2.05, 4.69) is 20.8 Å². The second kappa shape index (κ2) is 20.3. The van der Waals surface area contributed by atoms with Gasteiger partial charge in [0.15, 0.2) is 29.4 Å². The summed E-state index contributed by atoms with van der Waals surface area (Å²) in [4.78, 5) is 24.7. The maximum absolute atomic E-state index is 13.3. The number of aliphatic carboxylic acids is 1. The van der Waals surface area contributed by atoms with Gasteiger partial charge in [-0.05, 0) is 70.3 Å². The fourth-order valence-electron chi connectivity index (χ4n) is 11.8. The van der Waals surface area contributed by atoms with E-state index in [-0.39, 0.29) is 102 Å². The predicted octanol–water partition coefficient (Wildman–Crippen LogP) is 1.82. The minimum atomic E-state index is -1.67. The Bertz CT molecular complexity index is 1580. The zero-order chi connectivity index (χ0) is 45.0. The second-order valence-electron chi connectivity index (χ2n) is 20.6. The van der Waals surface area contributed by atoms with Gasteiger partial charge in [-0.1, -0.05) is 61.5 Å². The Morgan fingerprint density at radius 1 is 0.919 bits per heavy atom. The van der Waals surface area contributed by atoms with Crippen LogP contribution >= 0.6 is 0 Å². The standard InChI is InChI=1S/C47H78O14.Na/c1-24(40(50)25(2)18-28(5)43(51)52)17-26(3)41-31(8)34(49)22-45(59-41)16-15-44(11,61-45)38-21-36(56-39-14-13-35(54-12)33(10)55-39)32(9)47(58-38)30(7)20-37(57-47)42-27(4)19-29(6)46(53,23-48)60-42;/h17,25-39,41-42,48-49,53H,13-16,18-23H2,1-12H3,(H,51,52);/q;+1/p-1/b24-17+;/t25-,26+,27-,28+,29-,30+,31+,32-,33-,34+,35+,36+,37-,38-,39?,41-,42+,44+,45-,46+,47+;/m1./s1. The number of carbonyl (C=O) groups is 2. The van der Waals surface area contributed by atoms with Gasteiger partial charge in [0.2, 0.25) is 0 Å². The van der Waals surface area contributed by atoms with Crippen LogP contribution in [0.4, 0.5) is 0 Å². The maximum atomic E-state index is 13.3. The van der Waals surface area contributed by atoms with Gasteiger partial charge in [-0.2, -0.15) is 0 Å². The average molecular weight is 889 g/mol. The Morgan fingerprint density at radius 3 is 2.24 bits per heavy atom. The zero-order valence-corrected chi connectivity index (χ0v) is 41.8. The number of aliphatic hydroxyl groups excluding tert-OH is 2. The molecule has 6 saturated heterocycles. The van der Waals surface area contributed by atoms with E-state index in [0.29, 0.717) is 44.1 Å². The van der Waals surface area contributed by atoms with Gasteiger partial charge in [-0.3, -0.25) is 4.79 Å². The second-order valence-corrected chi connectivity index (χ2v) is 20.6. The monoisotopic (exact) mass is 889 g/mol. The van der Waals surface area contributed by atoms with Gasteiger partial charge in [0.05, 0.1) is 61.0 Å². The number of ether oxygens (including phenoxy) is 8. The Kier molecular flexibility index (Phi) is 17.2. The molecule has 6 heterocycles. The van der Waals surface area contributed by atoms with E-state index in [1.165, 1.54) is 0 Å². The van der Waals surface area contributed by atoms with Crippen molar-refractivity contribution in [2.75, 3.05) is 13.7 Å². The van der Waals surface area contributed by atoms with Gasteiger partial charge in [0.1, 0.15) is 0 Å². The number of rotatable bonds is 13. The number of carbonyl (C=O) groups excluding carboxylic acids is 2. The minimum absolute atomic E-state index is 0. The van der Waals surface area contributed by atoms with Gasteiger partial charge in [0.25, 0.3) is 0 Å². The summed E-state index contributed by atoms with van der Waals surface area (Å²) in [5.74, 6) is -7.48. The Hall–Kier alpha value is -0.560. The largest absolute Gasteiger partial charge is 1.00 e. The summed E-state index contributed by atoms with van der Waals surface area (Å²) in [6.45, 7) is 20.7. The molecule has 350 valence electrons. The summed E-state index contributed by atoms with van der Waals surface area (Å²) >= 11 is 0. The molecule has 0 aromatic carbocycles. The average Bonchev–Trinajstić information content (AvgIpc) is 3.71. The molecule has 6 aliphatic heterocycles. The fourth-order valence-corrected chi connectivity index (χ4v) is 11.8. The smallest absolute Gasteiger partial charge is 0.550 e. The van der Waals surface area contributed by atoms with Gasteiger partial charge in [-0.15, -0.1) is 0 Å². The summed E-state index contributed by atoms with van der Waals surface area (Å²) in [5, 5.41) is 44.4. The Balaban J connectivity index is 0.00000726. The molecule has 2 spiro atoms. The van der Waals surface area contributed by atoms with E-state index in [9.17, 15) is 30.0 Å². The molecule has 6 rings (SSSR count). The van der Waals surface area contributed by atoms with Crippen molar-refractivity contribution in [3.63, 3.8) is 0 Å². The van der Waals surface area contributed by atoms with Crippen LogP contribution in [0.25, 0.3) is 0 Å². The Morgan fingerprint density at radius 2 is 1.61 bits per heavy atom. The Labute approximate surface area is 392 Å². The number of methoxy groups -OCH3 is 1. The van der Waals surface area contributed by atoms with Gasteiger partial charge in [0, 0.05) is 74.3 Å². The van der Waals surface area contributed by atoms with Crippen molar-refractivity contribution in [2.45, 2.75) is 212 Å². The minimum Gasteiger partial charge on any atom is -0.550 e. The third-order valence-corrected chi connectivity index (χ3v) is 15.8. The van der Waals surface area contributed by atoms with E-state index < -0.39 is 84.2 Å². The summed E-state index contributed by atoms with van der Waals surface area (Å²) in [6, 6.07) is 0. The van der Waals surface area contributed by atoms with Crippen molar-refractivity contribution in [3.8, 4) is 0 Å². The van der Waals surface area contributed by atoms with Crippen LogP contribution < -0.4 is 34.7 Å². The van der Waals surface area contributed by atoms with Gasteiger partial charge < -0.3 is 63.1 Å². The first-order valence-electron chi connectivity index (χ1n) is 23.2. The number of ketones is 1. The molecule has 14 nitrogen and oxygen atoms in total. The molecule has 1 unspecified atom stereocenters. The van der Waals surface area contributed by atoms with Crippen LogP contribution in [0.2, 0.25) is 0 Å². The number of Topliss-reactive ketones (excluding diaryl/α,β-unsaturated/α-hetero) is 1. The molecule has 0 radical (unpaired) electrons. The number of carboxylic acid groups (broad SMARTS) is 1. The van der Waals surface area contributed by atoms with E-state index in [0.717, 1.165) is 6.42 Å². The van der Waals surface area contributed by atoms with Crippen LogP contribution in [0.3, 0.4) is 0 Å². The van der Waals surface area contributed by atoms with Crippen molar-refractivity contribution >= 4 is 11.8 Å². The molecule has 3 N–H and O–H groups in total. The normalized spacial score (nSPS) is 47.8. The van der Waals surface area contributed by atoms with Crippen LogP contribution in [0.1, 0.15) is 134 Å². The van der Waals surface area contributed by atoms with E-state index >= 15 is 0 Å². The number of aliphatic hydroxyl groups is 3. The first-order chi connectivity index (χ1) is 28.5. The summed E-state index contributed by atoms with van der Waals surface area (Å²) in [5.41, 5.74) is -0.352. The number of hydrogen-bond donors (Lipinski definition) is 3. The number of hydrogen-bond acceptors (Lipinski definition) is 14. The van der Waals surface area contributed by atoms with Crippen LogP contribution in [0.15, 0.2) is 11.6 Å². The molecule has 0 aromatic rings.